The largest absolute Gasteiger partial charge is 0.293 e. The van der Waals surface area contributed by atoms with Crippen molar-refractivity contribution < 1.29 is 13.2 Å². The van der Waals surface area contributed by atoms with E-state index >= 15 is 0 Å². The van der Waals surface area contributed by atoms with Crippen LogP contribution in [0.15, 0.2) is 24.3 Å². The number of nitrogens with zero attached hydrogens (tertiary/aromatic N) is 1. The van der Waals surface area contributed by atoms with Gasteiger partial charge in [-0.3, -0.25) is 9.69 Å². The highest BCUT2D eigenvalue weighted by molar-refractivity contribution is 7.91. The van der Waals surface area contributed by atoms with Crippen LogP contribution in [0.2, 0.25) is 5.02 Å². The Balaban J connectivity index is 2.04. The van der Waals surface area contributed by atoms with Crippen LogP contribution in [0.3, 0.4) is 0 Å². The summed E-state index contributed by atoms with van der Waals surface area (Å²) in [4.78, 5) is 14.0. The van der Waals surface area contributed by atoms with Gasteiger partial charge < -0.3 is 0 Å². The average molecular weight is 302 g/mol. The number of hydrogen-bond donors (Lipinski definition) is 0. The molecule has 0 amide bonds. The van der Waals surface area contributed by atoms with Crippen LogP contribution in [0.25, 0.3) is 0 Å². The smallest absolute Gasteiger partial charge is 0.176 e. The fourth-order valence-electron chi connectivity index (χ4n) is 2.21. The van der Waals surface area contributed by atoms with Crippen LogP contribution in [0.1, 0.15) is 17.3 Å². The van der Waals surface area contributed by atoms with Crippen LogP contribution < -0.4 is 0 Å². The number of carbonyl (C=O) groups excluding carboxylic acids is 1. The number of halogens is 1. The van der Waals surface area contributed by atoms with E-state index in [4.69, 9.17) is 11.6 Å². The molecule has 1 atom stereocenters. The maximum absolute atomic E-state index is 12.1. The number of Topliss-reactive ketones (excluding diaryl/α,β-unsaturated/α-hetero) is 1. The first kappa shape index (κ1) is 14.5. The van der Waals surface area contributed by atoms with Gasteiger partial charge in [0.15, 0.2) is 15.6 Å². The molecule has 0 spiro atoms. The fourth-order valence-corrected chi connectivity index (χ4v) is 4.02. The third-order valence-corrected chi connectivity index (χ3v) is 5.33. The van der Waals surface area contributed by atoms with E-state index in [0.717, 1.165) is 0 Å². The van der Waals surface area contributed by atoms with Crippen molar-refractivity contribution in [3.8, 4) is 0 Å². The summed E-state index contributed by atoms with van der Waals surface area (Å²) in [6, 6.07) is 6.69. The Morgan fingerprint density at radius 2 is 2.21 bits per heavy atom. The zero-order valence-electron chi connectivity index (χ0n) is 10.7. The highest BCUT2D eigenvalue weighted by atomic mass is 35.5. The quantitative estimate of drug-likeness (QED) is 0.797. The van der Waals surface area contributed by atoms with Gasteiger partial charge in [-0.2, -0.15) is 0 Å². The zero-order chi connectivity index (χ0) is 14.0. The van der Waals surface area contributed by atoms with Crippen molar-refractivity contribution in [3.63, 3.8) is 0 Å². The first-order valence-electron chi connectivity index (χ1n) is 6.10. The molecule has 19 heavy (non-hydrogen) atoms. The number of carbonyl (C=O) groups is 1. The summed E-state index contributed by atoms with van der Waals surface area (Å²) in [7, 11) is -2.95. The molecule has 0 aliphatic carbocycles. The molecule has 2 rings (SSSR count). The molecule has 0 radical (unpaired) electrons. The summed E-state index contributed by atoms with van der Waals surface area (Å²) in [6.45, 7) is 2.48. The summed E-state index contributed by atoms with van der Waals surface area (Å²) >= 11 is 5.85. The molecular weight excluding hydrogens is 286 g/mol. The van der Waals surface area contributed by atoms with E-state index in [-0.39, 0.29) is 29.9 Å². The molecule has 1 unspecified atom stereocenters. The Morgan fingerprint density at radius 1 is 1.47 bits per heavy atom. The molecule has 1 aliphatic rings. The summed E-state index contributed by atoms with van der Waals surface area (Å²) in [6.07, 6.45) is 0. The van der Waals surface area contributed by atoms with Crippen LogP contribution in [-0.2, 0) is 9.84 Å². The maximum atomic E-state index is 12.1. The molecule has 1 fully saturated rings. The lowest BCUT2D eigenvalue weighted by molar-refractivity contribution is 0.0908. The minimum atomic E-state index is -2.95. The maximum Gasteiger partial charge on any atom is 0.176 e. The van der Waals surface area contributed by atoms with Crippen LogP contribution in [0.4, 0.5) is 0 Å². The molecule has 0 N–H and O–H groups in total. The molecule has 6 heteroatoms. The number of benzene rings is 1. The van der Waals surface area contributed by atoms with E-state index in [0.29, 0.717) is 17.1 Å². The van der Waals surface area contributed by atoms with Crippen LogP contribution in [0.5, 0.6) is 0 Å². The molecular formula is C13H16ClNO3S. The first-order valence-corrected chi connectivity index (χ1v) is 8.30. The topological polar surface area (TPSA) is 54.5 Å². The number of ketones is 1. The Kier molecular flexibility index (Phi) is 4.28. The summed E-state index contributed by atoms with van der Waals surface area (Å²) in [5.74, 6) is 0.212. The lowest BCUT2D eigenvalue weighted by Gasteiger charge is -2.32. The second-order valence-electron chi connectivity index (χ2n) is 4.87. The Labute approximate surface area is 118 Å². The number of rotatable bonds is 3. The monoisotopic (exact) mass is 301 g/mol. The standard InChI is InChI=1S/C13H16ClNO3S/c1-10-9-19(17,18)6-5-15(10)8-13(16)11-3-2-4-12(14)7-11/h2-4,7,10H,5-6,8-9H2,1H3. The van der Waals surface area contributed by atoms with Crippen molar-refractivity contribution in [2.75, 3.05) is 24.6 Å². The van der Waals surface area contributed by atoms with Gasteiger partial charge in [0.05, 0.1) is 18.1 Å². The average Bonchev–Trinajstić information content (AvgIpc) is 2.32. The van der Waals surface area contributed by atoms with Crippen molar-refractivity contribution in [1.82, 2.24) is 4.90 Å². The molecule has 1 aliphatic heterocycles. The first-order chi connectivity index (χ1) is 8.87. The number of hydrogen-bond acceptors (Lipinski definition) is 4. The zero-order valence-corrected chi connectivity index (χ0v) is 12.2. The van der Waals surface area contributed by atoms with E-state index < -0.39 is 9.84 Å². The number of sulfone groups is 1. The molecule has 1 heterocycles. The van der Waals surface area contributed by atoms with Gasteiger partial charge in [0, 0.05) is 23.2 Å². The van der Waals surface area contributed by atoms with E-state index in [1.54, 1.807) is 24.3 Å². The van der Waals surface area contributed by atoms with Gasteiger partial charge in [-0.1, -0.05) is 23.7 Å². The van der Waals surface area contributed by atoms with Crippen molar-refractivity contribution in [2.24, 2.45) is 0 Å². The van der Waals surface area contributed by atoms with Gasteiger partial charge in [-0.05, 0) is 19.1 Å². The van der Waals surface area contributed by atoms with Gasteiger partial charge in [-0.15, -0.1) is 0 Å². The SMILES string of the molecule is CC1CS(=O)(=O)CCN1CC(=O)c1cccc(Cl)c1. The molecule has 4 nitrogen and oxygen atoms in total. The van der Waals surface area contributed by atoms with E-state index in [1.807, 2.05) is 11.8 Å². The third-order valence-electron chi connectivity index (χ3n) is 3.30. The predicted molar refractivity (Wildman–Crippen MR) is 75.5 cm³/mol. The highest BCUT2D eigenvalue weighted by Crippen LogP contribution is 2.15. The van der Waals surface area contributed by atoms with Gasteiger partial charge in [0.1, 0.15) is 0 Å². The minimum absolute atomic E-state index is 0.0337. The highest BCUT2D eigenvalue weighted by Gasteiger charge is 2.29. The van der Waals surface area contributed by atoms with E-state index in [9.17, 15) is 13.2 Å². The molecule has 1 aromatic rings. The van der Waals surface area contributed by atoms with Gasteiger partial charge in [-0.25, -0.2) is 8.42 Å². The lowest BCUT2D eigenvalue weighted by Crippen LogP contribution is -2.48. The normalized spacial score (nSPS) is 23.2. The van der Waals surface area contributed by atoms with Crippen LogP contribution in [-0.4, -0.2) is 49.7 Å². The molecule has 1 saturated heterocycles. The van der Waals surface area contributed by atoms with Gasteiger partial charge in [0.25, 0.3) is 0 Å². The van der Waals surface area contributed by atoms with Crippen molar-refractivity contribution >= 4 is 27.2 Å². The lowest BCUT2D eigenvalue weighted by atomic mass is 10.1. The van der Waals surface area contributed by atoms with Crippen molar-refractivity contribution in [2.45, 2.75) is 13.0 Å². The summed E-state index contributed by atoms with van der Waals surface area (Å²) in [5.41, 5.74) is 0.563. The summed E-state index contributed by atoms with van der Waals surface area (Å²) in [5, 5.41) is 0.528. The Bertz CT molecular complexity index is 585. The minimum Gasteiger partial charge on any atom is -0.293 e. The molecule has 1 aromatic carbocycles. The predicted octanol–water partition coefficient (Wildman–Crippen LogP) is 1.64. The van der Waals surface area contributed by atoms with Crippen molar-refractivity contribution in [1.29, 1.82) is 0 Å². The van der Waals surface area contributed by atoms with E-state index in [1.165, 1.54) is 0 Å². The molecule has 0 saturated carbocycles. The fraction of sp³-hybridized carbons (Fsp3) is 0.462. The van der Waals surface area contributed by atoms with E-state index in [2.05, 4.69) is 0 Å². The Hall–Kier alpha value is -0.910. The molecule has 0 bridgehead atoms. The van der Waals surface area contributed by atoms with Crippen molar-refractivity contribution in [3.05, 3.63) is 34.9 Å². The van der Waals surface area contributed by atoms with Gasteiger partial charge >= 0.3 is 0 Å². The molecule has 104 valence electrons. The second-order valence-corrected chi connectivity index (χ2v) is 7.53. The molecule has 0 aromatic heterocycles. The van der Waals surface area contributed by atoms with Gasteiger partial charge in [0.2, 0.25) is 0 Å². The van der Waals surface area contributed by atoms with Crippen LogP contribution in [0, 0.1) is 0 Å². The summed E-state index contributed by atoms with van der Waals surface area (Å²) < 4.78 is 23.0. The third kappa shape index (κ3) is 3.78. The Morgan fingerprint density at radius 3 is 2.84 bits per heavy atom. The second kappa shape index (κ2) is 5.61. The van der Waals surface area contributed by atoms with Crippen LogP contribution >= 0.6 is 11.6 Å².